The van der Waals surface area contributed by atoms with Crippen molar-refractivity contribution in [3.05, 3.63) is 0 Å². The van der Waals surface area contributed by atoms with Gasteiger partial charge in [0.1, 0.15) is 0 Å². The third-order valence-corrected chi connectivity index (χ3v) is 4.25. The molecule has 0 amide bonds. The maximum Gasteiger partial charge on any atom is 0.0611 e. The van der Waals surface area contributed by atoms with E-state index in [0.717, 1.165) is 25.9 Å². The van der Waals surface area contributed by atoms with E-state index in [9.17, 15) is 5.21 Å². The van der Waals surface area contributed by atoms with E-state index in [-0.39, 0.29) is 17.2 Å². The van der Waals surface area contributed by atoms with Gasteiger partial charge in [-0.2, -0.15) is 5.06 Å². The van der Waals surface area contributed by atoms with E-state index in [0.29, 0.717) is 0 Å². The number of nitrogens with zero attached hydrogens (tertiary/aromatic N) is 1. The molecule has 0 aromatic carbocycles. The van der Waals surface area contributed by atoms with Crippen LogP contribution < -0.4 is 0 Å². The van der Waals surface area contributed by atoms with Gasteiger partial charge in [0.05, 0.1) is 6.10 Å². The third-order valence-electron chi connectivity index (χ3n) is 3.48. The molecule has 0 atom stereocenters. The second-order valence-electron chi connectivity index (χ2n) is 6.23. The van der Waals surface area contributed by atoms with Gasteiger partial charge in [0, 0.05) is 17.7 Å². The summed E-state index contributed by atoms with van der Waals surface area (Å²) in [5.74, 6) is 0. The van der Waals surface area contributed by atoms with Crippen molar-refractivity contribution in [3.63, 3.8) is 0 Å². The summed E-state index contributed by atoms with van der Waals surface area (Å²) in [5.41, 5.74) is -0.397. The molecule has 1 aliphatic rings. The van der Waals surface area contributed by atoms with Crippen LogP contribution in [0.1, 0.15) is 53.4 Å². The van der Waals surface area contributed by atoms with Crippen LogP contribution >= 0.6 is 22.6 Å². The van der Waals surface area contributed by atoms with Crippen molar-refractivity contribution in [1.82, 2.24) is 5.06 Å². The fourth-order valence-corrected chi connectivity index (χ4v) is 3.28. The summed E-state index contributed by atoms with van der Waals surface area (Å²) in [6.45, 7) is 9.17. The summed E-state index contributed by atoms with van der Waals surface area (Å²) in [5, 5.41) is 11.7. The summed E-state index contributed by atoms with van der Waals surface area (Å²) >= 11 is 2.40. The number of unbranched alkanes of at least 4 members (excludes halogenated alkanes) is 1. The molecule has 3 nitrogen and oxygen atoms in total. The molecule has 1 fully saturated rings. The van der Waals surface area contributed by atoms with Gasteiger partial charge >= 0.3 is 0 Å². The summed E-state index contributed by atoms with van der Waals surface area (Å²) in [4.78, 5) is 0. The Morgan fingerprint density at radius 3 is 2.18 bits per heavy atom. The molecule has 1 saturated heterocycles. The molecule has 1 rings (SSSR count). The number of ether oxygens (including phenoxy) is 1. The van der Waals surface area contributed by atoms with Gasteiger partial charge in [-0.1, -0.05) is 22.6 Å². The van der Waals surface area contributed by atoms with Crippen LogP contribution in [0, 0.1) is 0 Å². The number of hydroxylamine groups is 2. The number of piperidine rings is 1. The highest BCUT2D eigenvalue weighted by atomic mass is 127. The molecule has 4 heteroatoms. The standard InChI is InChI=1S/C13H26INO2/c1-12(2)9-11(17-8-6-5-7-14)10-13(3,4)15(12)16/h11,16H,5-10H2,1-4H3. The van der Waals surface area contributed by atoms with Crippen LogP contribution in [0.15, 0.2) is 0 Å². The molecule has 102 valence electrons. The van der Waals surface area contributed by atoms with E-state index in [4.69, 9.17) is 4.74 Å². The Morgan fingerprint density at radius 1 is 1.18 bits per heavy atom. The van der Waals surface area contributed by atoms with Gasteiger partial charge in [0.25, 0.3) is 0 Å². The first-order valence-corrected chi connectivity index (χ1v) is 7.99. The predicted octanol–water partition coefficient (Wildman–Crippen LogP) is 3.63. The van der Waals surface area contributed by atoms with Crippen molar-refractivity contribution in [2.24, 2.45) is 0 Å². The molecule has 0 saturated carbocycles. The molecular formula is C13H26INO2. The second kappa shape index (κ2) is 6.17. The SMILES string of the molecule is CC1(C)CC(OCCCCI)CC(C)(C)N1O. The van der Waals surface area contributed by atoms with Gasteiger partial charge in [-0.25, -0.2) is 0 Å². The molecular weight excluding hydrogens is 329 g/mol. The Morgan fingerprint density at radius 2 is 1.71 bits per heavy atom. The lowest BCUT2D eigenvalue weighted by Gasteiger charge is -2.51. The molecule has 1 aliphatic heterocycles. The van der Waals surface area contributed by atoms with Crippen molar-refractivity contribution < 1.29 is 9.94 Å². The average Bonchev–Trinajstić information content (AvgIpc) is 2.20. The van der Waals surface area contributed by atoms with Gasteiger partial charge in [-0.15, -0.1) is 0 Å². The van der Waals surface area contributed by atoms with Gasteiger partial charge in [-0.3, -0.25) is 0 Å². The summed E-state index contributed by atoms with van der Waals surface area (Å²) in [7, 11) is 0. The molecule has 0 aromatic heterocycles. The van der Waals surface area contributed by atoms with Crippen molar-refractivity contribution in [2.45, 2.75) is 70.6 Å². The van der Waals surface area contributed by atoms with E-state index in [1.54, 1.807) is 0 Å². The fraction of sp³-hybridized carbons (Fsp3) is 1.00. The average molecular weight is 355 g/mol. The fourth-order valence-electron chi connectivity index (χ4n) is 2.74. The Labute approximate surface area is 119 Å². The summed E-state index contributed by atoms with van der Waals surface area (Å²) < 4.78 is 7.17. The van der Waals surface area contributed by atoms with Crippen LogP contribution in [-0.2, 0) is 4.74 Å². The number of rotatable bonds is 5. The van der Waals surface area contributed by atoms with Crippen molar-refractivity contribution in [2.75, 3.05) is 11.0 Å². The third kappa shape index (κ3) is 4.33. The van der Waals surface area contributed by atoms with Crippen LogP contribution in [0.5, 0.6) is 0 Å². The second-order valence-corrected chi connectivity index (χ2v) is 7.31. The highest BCUT2D eigenvalue weighted by molar-refractivity contribution is 14.1. The Kier molecular flexibility index (Phi) is 5.69. The first-order valence-electron chi connectivity index (χ1n) is 6.46. The normalized spacial score (nSPS) is 25.1. The van der Waals surface area contributed by atoms with E-state index in [1.807, 2.05) is 0 Å². The number of alkyl halides is 1. The summed E-state index contributed by atoms with van der Waals surface area (Å²) in [6, 6.07) is 0. The molecule has 0 radical (unpaired) electrons. The maximum atomic E-state index is 10.2. The van der Waals surface area contributed by atoms with Crippen LogP contribution in [0.2, 0.25) is 0 Å². The Balaban J connectivity index is 2.48. The summed E-state index contributed by atoms with van der Waals surface area (Å²) in [6.07, 6.45) is 4.45. The molecule has 0 spiro atoms. The highest BCUT2D eigenvalue weighted by Crippen LogP contribution is 2.37. The monoisotopic (exact) mass is 355 g/mol. The minimum Gasteiger partial charge on any atom is -0.378 e. The van der Waals surface area contributed by atoms with Crippen LogP contribution in [0.3, 0.4) is 0 Å². The Hall–Kier alpha value is 0.610. The lowest BCUT2D eigenvalue weighted by Crippen LogP contribution is -2.60. The molecule has 0 aromatic rings. The molecule has 1 heterocycles. The lowest BCUT2D eigenvalue weighted by atomic mass is 9.80. The van der Waals surface area contributed by atoms with Crippen molar-refractivity contribution in [1.29, 1.82) is 0 Å². The van der Waals surface area contributed by atoms with Crippen molar-refractivity contribution >= 4 is 22.6 Å². The van der Waals surface area contributed by atoms with Gasteiger partial charge in [0.15, 0.2) is 0 Å². The van der Waals surface area contributed by atoms with Gasteiger partial charge in [-0.05, 0) is 57.8 Å². The number of hydrogen-bond acceptors (Lipinski definition) is 3. The Bertz CT molecular complexity index is 226. The zero-order valence-electron chi connectivity index (χ0n) is 11.5. The molecule has 0 unspecified atom stereocenters. The largest absolute Gasteiger partial charge is 0.378 e. The molecule has 0 aliphatic carbocycles. The predicted molar refractivity (Wildman–Crippen MR) is 78.9 cm³/mol. The van der Waals surface area contributed by atoms with Crippen molar-refractivity contribution in [3.8, 4) is 0 Å². The number of halogens is 1. The van der Waals surface area contributed by atoms with Gasteiger partial charge < -0.3 is 9.94 Å². The number of hydrogen-bond donors (Lipinski definition) is 1. The van der Waals surface area contributed by atoms with Crippen LogP contribution in [0.4, 0.5) is 0 Å². The van der Waals surface area contributed by atoms with Crippen LogP contribution in [0.25, 0.3) is 0 Å². The zero-order chi connectivity index (χ0) is 13.1. The first-order chi connectivity index (χ1) is 7.79. The van der Waals surface area contributed by atoms with Crippen LogP contribution in [-0.4, -0.2) is 38.5 Å². The smallest absolute Gasteiger partial charge is 0.0611 e. The van der Waals surface area contributed by atoms with E-state index in [2.05, 4.69) is 50.3 Å². The highest BCUT2D eigenvalue weighted by Gasteiger charge is 2.45. The maximum absolute atomic E-state index is 10.2. The topological polar surface area (TPSA) is 32.7 Å². The van der Waals surface area contributed by atoms with E-state index >= 15 is 0 Å². The minimum atomic E-state index is -0.199. The molecule has 0 bridgehead atoms. The quantitative estimate of drug-likeness (QED) is 0.464. The first kappa shape index (κ1) is 15.7. The minimum absolute atomic E-state index is 0.199. The zero-order valence-corrected chi connectivity index (χ0v) is 13.7. The molecule has 17 heavy (non-hydrogen) atoms. The molecule has 1 N–H and O–H groups in total. The van der Waals surface area contributed by atoms with E-state index in [1.165, 1.54) is 15.9 Å². The van der Waals surface area contributed by atoms with E-state index < -0.39 is 0 Å². The lowest BCUT2D eigenvalue weighted by molar-refractivity contribution is -0.261. The van der Waals surface area contributed by atoms with Gasteiger partial charge in [0.2, 0.25) is 0 Å².